The van der Waals surface area contributed by atoms with E-state index in [1.807, 2.05) is 25.2 Å². The molecule has 0 amide bonds. The van der Waals surface area contributed by atoms with Crippen molar-refractivity contribution in [2.45, 2.75) is 13.8 Å². The third-order valence-corrected chi connectivity index (χ3v) is 3.37. The number of nitrogens with one attached hydrogen (secondary N) is 1. The summed E-state index contributed by atoms with van der Waals surface area (Å²) in [6.07, 6.45) is 5.93. The van der Waals surface area contributed by atoms with Crippen LogP contribution in [-0.2, 0) is 0 Å². The highest BCUT2D eigenvalue weighted by Crippen LogP contribution is 2.26. The first-order valence-corrected chi connectivity index (χ1v) is 7.39. The van der Waals surface area contributed by atoms with Crippen LogP contribution in [0.1, 0.15) is 19.4 Å². The highest BCUT2D eigenvalue weighted by molar-refractivity contribution is 5.91. The van der Waals surface area contributed by atoms with Gasteiger partial charge in [0.25, 0.3) is 0 Å². The zero-order valence-electron chi connectivity index (χ0n) is 13.0. The molecule has 3 aromatic rings. The maximum atomic E-state index is 5.39. The molecule has 22 heavy (non-hydrogen) atoms. The molecule has 4 heteroatoms. The third kappa shape index (κ3) is 2.86. The van der Waals surface area contributed by atoms with Gasteiger partial charge in [0.1, 0.15) is 5.82 Å². The van der Waals surface area contributed by atoms with Gasteiger partial charge in [0.05, 0.1) is 11.8 Å². The second kappa shape index (κ2) is 6.02. The van der Waals surface area contributed by atoms with Gasteiger partial charge in [-0.05, 0) is 35.7 Å². The number of aromatic nitrogens is 2. The topological polar surface area (TPSA) is 51.0 Å². The summed E-state index contributed by atoms with van der Waals surface area (Å²) >= 11 is 0. The van der Waals surface area contributed by atoms with Crippen LogP contribution in [0.25, 0.3) is 28.6 Å². The molecule has 0 radical (unpaired) electrons. The minimum Gasteiger partial charge on any atom is -0.461 e. The highest BCUT2D eigenvalue weighted by atomic mass is 16.3. The summed E-state index contributed by atoms with van der Waals surface area (Å²) in [4.78, 5) is 9.15. The molecule has 0 aliphatic carbocycles. The van der Waals surface area contributed by atoms with Crippen LogP contribution in [0.2, 0.25) is 0 Å². The van der Waals surface area contributed by atoms with E-state index in [0.717, 1.165) is 22.3 Å². The average Bonchev–Trinajstić information content (AvgIpc) is 3.06. The van der Waals surface area contributed by atoms with Crippen molar-refractivity contribution in [3.8, 4) is 11.6 Å². The maximum absolute atomic E-state index is 5.39. The van der Waals surface area contributed by atoms with Gasteiger partial charge in [-0.25, -0.2) is 9.97 Å². The van der Waals surface area contributed by atoms with Crippen LogP contribution >= 0.6 is 0 Å². The smallest absolute Gasteiger partial charge is 0.198 e. The number of rotatable bonds is 4. The molecule has 2 aromatic heterocycles. The van der Waals surface area contributed by atoms with Gasteiger partial charge in [-0.1, -0.05) is 32.1 Å². The molecular weight excluding hydrogens is 274 g/mol. The second-order valence-electron chi connectivity index (χ2n) is 5.50. The van der Waals surface area contributed by atoms with Gasteiger partial charge in [-0.15, -0.1) is 0 Å². The third-order valence-electron chi connectivity index (χ3n) is 3.37. The van der Waals surface area contributed by atoms with Gasteiger partial charge in [0.2, 0.25) is 0 Å². The van der Waals surface area contributed by atoms with E-state index in [1.54, 1.807) is 6.26 Å². The summed E-state index contributed by atoms with van der Waals surface area (Å²) in [7, 11) is 1.87. The lowest BCUT2D eigenvalue weighted by molar-refractivity contribution is 0.577. The first-order valence-electron chi connectivity index (χ1n) is 7.39. The van der Waals surface area contributed by atoms with Crippen molar-refractivity contribution in [3.05, 3.63) is 48.2 Å². The Morgan fingerprint density at radius 2 is 2.05 bits per heavy atom. The molecule has 0 fully saturated rings. The van der Waals surface area contributed by atoms with E-state index in [1.165, 1.54) is 0 Å². The Morgan fingerprint density at radius 3 is 2.73 bits per heavy atom. The van der Waals surface area contributed by atoms with Crippen LogP contribution in [0, 0.1) is 5.92 Å². The Balaban J connectivity index is 2.11. The van der Waals surface area contributed by atoms with Gasteiger partial charge < -0.3 is 9.73 Å². The molecule has 3 rings (SSSR count). The van der Waals surface area contributed by atoms with Gasteiger partial charge in [-0.3, -0.25) is 0 Å². The van der Waals surface area contributed by atoms with Crippen LogP contribution in [-0.4, -0.2) is 17.0 Å². The number of allylic oxidation sites excluding steroid dienone is 1. The molecule has 1 N–H and O–H groups in total. The Morgan fingerprint density at radius 1 is 1.18 bits per heavy atom. The first kappa shape index (κ1) is 14.3. The zero-order chi connectivity index (χ0) is 15.5. The summed E-state index contributed by atoms with van der Waals surface area (Å²) in [6, 6.07) is 9.89. The number of fused-ring (bicyclic) bond motifs is 1. The van der Waals surface area contributed by atoms with Crippen LogP contribution in [0.15, 0.2) is 47.1 Å². The lowest BCUT2D eigenvalue weighted by Crippen LogP contribution is -1.98. The second-order valence-corrected chi connectivity index (χ2v) is 5.50. The lowest BCUT2D eigenvalue weighted by Gasteiger charge is -2.08. The maximum Gasteiger partial charge on any atom is 0.198 e. The minimum absolute atomic E-state index is 0.525. The molecular formula is C18H19N3O. The average molecular weight is 293 g/mol. The Kier molecular flexibility index (Phi) is 3.92. The molecule has 2 heterocycles. The Labute approximate surface area is 129 Å². The SMILES string of the molecule is CNc1nc(-c2ccco2)nc2ccc(/C=C/C(C)C)cc12. The summed E-state index contributed by atoms with van der Waals surface area (Å²) < 4.78 is 5.39. The summed E-state index contributed by atoms with van der Waals surface area (Å²) in [5.41, 5.74) is 2.04. The van der Waals surface area contributed by atoms with Gasteiger partial charge >= 0.3 is 0 Å². The van der Waals surface area contributed by atoms with E-state index in [9.17, 15) is 0 Å². The first-order chi connectivity index (χ1) is 10.7. The summed E-state index contributed by atoms with van der Waals surface area (Å²) in [6.45, 7) is 4.32. The summed E-state index contributed by atoms with van der Waals surface area (Å²) in [5, 5.41) is 4.15. The molecule has 0 aliphatic heterocycles. The fourth-order valence-electron chi connectivity index (χ4n) is 2.26. The van der Waals surface area contributed by atoms with Crippen molar-refractivity contribution >= 4 is 22.8 Å². The molecule has 0 unspecified atom stereocenters. The highest BCUT2D eigenvalue weighted by Gasteiger charge is 2.10. The molecule has 4 nitrogen and oxygen atoms in total. The molecule has 0 atom stereocenters. The fraction of sp³-hybridized carbons (Fsp3) is 0.222. The van der Waals surface area contributed by atoms with E-state index < -0.39 is 0 Å². The van der Waals surface area contributed by atoms with Crippen LogP contribution < -0.4 is 5.32 Å². The minimum atomic E-state index is 0.525. The van der Waals surface area contributed by atoms with E-state index in [-0.39, 0.29) is 0 Å². The van der Waals surface area contributed by atoms with Crippen LogP contribution in [0.3, 0.4) is 0 Å². The standard InChI is InChI=1S/C18H19N3O/c1-12(2)6-7-13-8-9-15-14(11-13)17(19-3)21-18(20-15)16-5-4-10-22-16/h4-12H,1-3H3,(H,19,20,21)/b7-6+. The van der Waals surface area contributed by atoms with E-state index in [4.69, 9.17) is 4.42 Å². The normalized spacial score (nSPS) is 11.6. The molecule has 0 saturated heterocycles. The van der Waals surface area contributed by atoms with E-state index in [2.05, 4.69) is 53.4 Å². The quantitative estimate of drug-likeness (QED) is 0.763. The number of nitrogens with zero attached hydrogens (tertiary/aromatic N) is 2. The largest absolute Gasteiger partial charge is 0.461 e. The van der Waals surface area contributed by atoms with Crippen molar-refractivity contribution in [2.75, 3.05) is 12.4 Å². The predicted octanol–water partition coefficient (Wildman–Crippen LogP) is 4.60. The van der Waals surface area contributed by atoms with Crippen molar-refractivity contribution in [1.82, 2.24) is 9.97 Å². The van der Waals surface area contributed by atoms with Crippen LogP contribution in [0.5, 0.6) is 0 Å². The van der Waals surface area contributed by atoms with Crippen LogP contribution in [0.4, 0.5) is 5.82 Å². The number of furan rings is 1. The lowest BCUT2D eigenvalue weighted by atomic mass is 10.1. The van der Waals surface area contributed by atoms with Crippen molar-refractivity contribution in [1.29, 1.82) is 0 Å². The fourth-order valence-corrected chi connectivity index (χ4v) is 2.26. The number of hydrogen-bond donors (Lipinski definition) is 1. The van der Waals surface area contributed by atoms with E-state index in [0.29, 0.717) is 17.5 Å². The summed E-state index contributed by atoms with van der Waals surface area (Å²) in [5.74, 6) is 2.59. The number of anilines is 1. The molecule has 1 aromatic carbocycles. The van der Waals surface area contributed by atoms with Crippen molar-refractivity contribution in [2.24, 2.45) is 5.92 Å². The van der Waals surface area contributed by atoms with Crippen molar-refractivity contribution < 1.29 is 4.42 Å². The molecule has 0 spiro atoms. The Hall–Kier alpha value is -2.62. The van der Waals surface area contributed by atoms with Crippen molar-refractivity contribution in [3.63, 3.8) is 0 Å². The molecule has 0 bridgehead atoms. The molecule has 0 saturated carbocycles. The zero-order valence-corrected chi connectivity index (χ0v) is 13.0. The van der Waals surface area contributed by atoms with E-state index >= 15 is 0 Å². The number of hydrogen-bond acceptors (Lipinski definition) is 4. The molecule has 0 aliphatic rings. The molecule has 112 valence electrons. The van der Waals surface area contributed by atoms with Gasteiger partial charge in [0, 0.05) is 12.4 Å². The monoisotopic (exact) mass is 293 g/mol. The van der Waals surface area contributed by atoms with Gasteiger partial charge in [-0.2, -0.15) is 0 Å². The predicted molar refractivity (Wildman–Crippen MR) is 90.7 cm³/mol. The Bertz CT molecular complexity index is 805. The van der Waals surface area contributed by atoms with Gasteiger partial charge in [0.15, 0.2) is 11.6 Å². The number of benzene rings is 1.